The van der Waals surface area contributed by atoms with Crippen molar-refractivity contribution in [1.82, 2.24) is 14.7 Å². The molecule has 1 N–H and O–H groups in total. The van der Waals surface area contributed by atoms with Crippen LogP contribution in [0, 0.1) is 5.92 Å². The van der Waals surface area contributed by atoms with Crippen LogP contribution < -0.4 is 5.32 Å². The minimum absolute atomic E-state index is 0.110. The van der Waals surface area contributed by atoms with E-state index >= 15 is 0 Å². The quantitative estimate of drug-likeness (QED) is 0.845. The van der Waals surface area contributed by atoms with Gasteiger partial charge in [0, 0.05) is 24.0 Å². The first-order valence-electron chi connectivity index (χ1n) is 7.20. The maximum Gasteiger partial charge on any atom is 0.138 e. The van der Waals surface area contributed by atoms with Gasteiger partial charge in [-0.05, 0) is 38.8 Å². The summed E-state index contributed by atoms with van der Waals surface area (Å²) < 4.78 is 2.20. The molecule has 0 amide bonds. The molecule has 2 heterocycles. The van der Waals surface area contributed by atoms with E-state index in [0.717, 1.165) is 23.0 Å². The van der Waals surface area contributed by atoms with E-state index < -0.39 is 0 Å². The Kier molecular flexibility index (Phi) is 4.76. The largest absolute Gasteiger partial charge is 0.306 e. The van der Waals surface area contributed by atoms with Crippen molar-refractivity contribution in [2.24, 2.45) is 5.92 Å². The highest BCUT2D eigenvalue weighted by molar-refractivity contribution is 7.99. The zero-order valence-corrected chi connectivity index (χ0v) is 13.9. The van der Waals surface area contributed by atoms with Gasteiger partial charge in [0.25, 0.3) is 0 Å². The minimum Gasteiger partial charge on any atom is -0.306 e. The minimum atomic E-state index is 0.110. The van der Waals surface area contributed by atoms with Gasteiger partial charge in [-0.25, -0.2) is 4.98 Å². The van der Waals surface area contributed by atoms with Crippen LogP contribution in [-0.4, -0.2) is 20.7 Å². The summed E-state index contributed by atoms with van der Waals surface area (Å²) in [6.45, 7) is 11.9. The van der Waals surface area contributed by atoms with Gasteiger partial charge in [-0.15, -0.1) is 11.8 Å². The van der Waals surface area contributed by atoms with Crippen LogP contribution in [0.5, 0.6) is 0 Å². The zero-order valence-electron chi connectivity index (χ0n) is 13.1. The average molecular weight is 291 g/mol. The Labute approximate surface area is 126 Å². The standard InChI is InChI=1S/C16H25N3S/c1-12(2)11-20-15-13(10-17-16(3,4)5)19-9-7-6-8-14(19)18-15/h6-9,12,17H,10-11H2,1-5H3. The van der Waals surface area contributed by atoms with Crippen molar-refractivity contribution in [3.63, 3.8) is 0 Å². The van der Waals surface area contributed by atoms with Crippen molar-refractivity contribution in [1.29, 1.82) is 0 Å². The molecule has 4 heteroatoms. The predicted octanol–water partition coefficient (Wildman–Crippen LogP) is 3.97. The van der Waals surface area contributed by atoms with Crippen molar-refractivity contribution in [2.75, 3.05) is 5.75 Å². The number of aromatic nitrogens is 2. The Bertz CT molecular complexity index is 567. The van der Waals surface area contributed by atoms with Crippen LogP contribution >= 0.6 is 11.8 Å². The number of thioether (sulfide) groups is 1. The second-order valence-corrected chi connectivity index (χ2v) is 7.61. The molecular formula is C16H25N3S. The third kappa shape index (κ3) is 4.00. The average Bonchev–Trinajstić information content (AvgIpc) is 2.70. The third-order valence-corrected chi connectivity index (χ3v) is 4.37. The summed E-state index contributed by atoms with van der Waals surface area (Å²) in [6.07, 6.45) is 2.10. The summed E-state index contributed by atoms with van der Waals surface area (Å²) in [6, 6.07) is 6.17. The summed E-state index contributed by atoms with van der Waals surface area (Å²) in [4.78, 5) is 4.77. The molecule has 0 aliphatic carbocycles. The van der Waals surface area contributed by atoms with Gasteiger partial charge in [0.15, 0.2) is 0 Å². The number of hydrogen-bond acceptors (Lipinski definition) is 3. The van der Waals surface area contributed by atoms with Crippen molar-refractivity contribution < 1.29 is 0 Å². The van der Waals surface area contributed by atoms with Crippen molar-refractivity contribution >= 4 is 17.4 Å². The summed E-state index contributed by atoms with van der Waals surface area (Å²) >= 11 is 1.86. The number of rotatable bonds is 5. The highest BCUT2D eigenvalue weighted by atomic mass is 32.2. The van der Waals surface area contributed by atoms with Crippen LogP contribution in [0.4, 0.5) is 0 Å². The van der Waals surface area contributed by atoms with Crippen LogP contribution in [0.25, 0.3) is 5.65 Å². The van der Waals surface area contributed by atoms with E-state index in [1.54, 1.807) is 0 Å². The SMILES string of the molecule is CC(C)CSc1nc2ccccn2c1CNC(C)(C)C. The molecule has 0 unspecified atom stereocenters. The van der Waals surface area contributed by atoms with E-state index in [1.165, 1.54) is 5.69 Å². The smallest absolute Gasteiger partial charge is 0.138 e. The third-order valence-electron chi connectivity index (χ3n) is 2.93. The van der Waals surface area contributed by atoms with Crippen molar-refractivity contribution in [3.05, 3.63) is 30.1 Å². The zero-order chi connectivity index (χ0) is 14.8. The van der Waals surface area contributed by atoms with Gasteiger partial charge in [-0.2, -0.15) is 0 Å². The molecule has 0 atom stereocenters. The van der Waals surface area contributed by atoms with E-state index in [2.05, 4.69) is 62.7 Å². The van der Waals surface area contributed by atoms with Gasteiger partial charge in [-0.3, -0.25) is 0 Å². The van der Waals surface area contributed by atoms with Crippen LogP contribution in [0.1, 0.15) is 40.3 Å². The molecule has 0 radical (unpaired) electrons. The Hall–Kier alpha value is -1.00. The van der Waals surface area contributed by atoms with Crippen LogP contribution in [0.15, 0.2) is 29.4 Å². The molecule has 0 bridgehead atoms. The van der Waals surface area contributed by atoms with E-state index in [0.29, 0.717) is 5.92 Å². The maximum absolute atomic E-state index is 4.77. The summed E-state index contributed by atoms with van der Waals surface area (Å²) in [7, 11) is 0. The molecule has 0 fully saturated rings. The lowest BCUT2D eigenvalue weighted by Gasteiger charge is -2.20. The summed E-state index contributed by atoms with van der Waals surface area (Å²) in [5.41, 5.74) is 2.41. The first kappa shape index (κ1) is 15.4. The van der Waals surface area contributed by atoms with Gasteiger partial charge >= 0.3 is 0 Å². The first-order chi connectivity index (χ1) is 9.37. The fraction of sp³-hybridized carbons (Fsp3) is 0.562. The molecule has 20 heavy (non-hydrogen) atoms. The number of nitrogens with one attached hydrogen (secondary N) is 1. The molecule has 3 nitrogen and oxygen atoms in total. The van der Waals surface area contributed by atoms with Gasteiger partial charge in [0.2, 0.25) is 0 Å². The fourth-order valence-corrected chi connectivity index (χ4v) is 2.88. The molecule has 2 aromatic rings. The number of fused-ring (bicyclic) bond motifs is 1. The van der Waals surface area contributed by atoms with E-state index in [1.807, 2.05) is 17.8 Å². The lowest BCUT2D eigenvalue weighted by Crippen LogP contribution is -2.35. The number of pyridine rings is 1. The molecule has 0 saturated carbocycles. The van der Waals surface area contributed by atoms with Crippen molar-refractivity contribution in [2.45, 2.75) is 51.7 Å². The van der Waals surface area contributed by atoms with Crippen molar-refractivity contribution in [3.8, 4) is 0 Å². The summed E-state index contributed by atoms with van der Waals surface area (Å²) in [5.74, 6) is 1.78. The van der Waals surface area contributed by atoms with E-state index in [4.69, 9.17) is 4.98 Å². The number of nitrogens with zero attached hydrogens (tertiary/aromatic N) is 2. The Balaban J connectivity index is 2.29. The fourth-order valence-electron chi connectivity index (χ4n) is 1.90. The van der Waals surface area contributed by atoms with Gasteiger partial charge in [-0.1, -0.05) is 19.9 Å². The van der Waals surface area contributed by atoms with Gasteiger partial charge in [0.1, 0.15) is 10.7 Å². The molecule has 0 aromatic carbocycles. The molecule has 110 valence electrons. The van der Waals surface area contributed by atoms with E-state index in [-0.39, 0.29) is 5.54 Å². The van der Waals surface area contributed by atoms with Crippen LogP contribution in [-0.2, 0) is 6.54 Å². The molecule has 0 spiro atoms. The monoisotopic (exact) mass is 291 g/mol. The second kappa shape index (κ2) is 6.19. The highest BCUT2D eigenvalue weighted by Gasteiger charge is 2.16. The topological polar surface area (TPSA) is 29.3 Å². The highest BCUT2D eigenvalue weighted by Crippen LogP contribution is 2.25. The van der Waals surface area contributed by atoms with Crippen LogP contribution in [0.2, 0.25) is 0 Å². The molecule has 0 aliphatic heterocycles. The Morgan fingerprint density at radius 2 is 2.05 bits per heavy atom. The molecule has 0 saturated heterocycles. The first-order valence-corrected chi connectivity index (χ1v) is 8.19. The maximum atomic E-state index is 4.77. The molecule has 0 aliphatic rings. The number of hydrogen-bond donors (Lipinski definition) is 1. The lowest BCUT2D eigenvalue weighted by atomic mass is 10.1. The lowest BCUT2D eigenvalue weighted by molar-refractivity contribution is 0.418. The second-order valence-electron chi connectivity index (χ2n) is 6.60. The summed E-state index contributed by atoms with van der Waals surface area (Å²) in [5, 5.41) is 4.72. The van der Waals surface area contributed by atoms with Gasteiger partial charge in [0.05, 0.1) is 5.69 Å². The number of imidazole rings is 1. The molecular weight excluding hydrogens is 266 g/mol. The van der Waals surface area contributed by atoms with E-state index in [9.17, 15) is 0 Å². The normalized spacial score (nSPS) is 12.5. The Morgan fingerprint density at radius 1 is 1.30 bits per heavy atom. The van der Waals surface area contributed by atoms with Gasteiger partial charge < -0.3 is 9.72 Å². The Morgan fingerprint density at radius 3 is 2.70 bits per heavy atom. The molecule has 2 rings (SSSR count). The molecule has 2 aromatic heterocycles. The predicted molar refractivity (Wildman–Crippen MR) is 87.3 cm³/mol. The van der Waals surface area contributed by atoms with Crippen LogP contribution in [0.3, 0.4) is 0 Å².